The molecule has 0 saturated carbocycles. The molecule has 1 aromatic rings. The molecule has 74 valence electrons. The van der Waals surface area contributed by atoms with Gasteiger partial charge in [0.15, 0.2) is 0 Å². The number of morpholine rings is 1. The lowest BCUT2D eigenvalue weighted by atomic mass is 9.92. The van der Waals surface area contributed by atoms with E-state index in [1.807, 2.05) is 0 Å². The van der Waals surface area contributed by atoms with Gasteiger partial charge in [-0.2, -0.15) is 0 Å². The Hall–Kier alpha value is -0.860. The van der Waals surface area contributed by atoms with E-state index in [1.54, 1.807) is 0 Å². The molecule has 2 heteroatoms. The Bertz CT molecular complexity index is 337. The lowest BCUT2D eigenvalue weighted by Crippen LogP contribution is -2.43. The van der Waals surface area contributed by atoms with Crippen molar-refractivity contribution in [1.29, 1.82) is 0 Å². The molecule has 0 aliphatic carbocycles. The highest BCUT2D eigenvalue weighted by Crippen LogP contribution is 2.31. The van der Waals surface area contributed by atoms with Crippen molar-refractivity contribution in [1.82, 2.24) is 4.90 Å². The Kier molecular flexibility index (Phi) is 2.03. The lowest BCUT2D eigenvalue weighted by Gasteiger charge is -2.40. The minimum atomic E-state index is 0.522. The fourth-order valence-corrected chi connectivity index (χ4v) is 2.54. The van der Waals surface area contributed by atoms with E-state index in [-0.39, 0.29) is 0 Å². The molecule has 3 rings (SSSR count). The highest BCUT2D eigenvalue weighted by atomic mass is 16.5. The summed E-state index contributed by atoms with van der Waals surface area (Å²) in [5.74, 6) is 0. The normalized spacial score (nSPS) is 26.7. The van der Waals surface area contributed by atoms with E-state index in [9.17, 15) is 0 Å². The van der Waals surface area contributed by atoms with Gasteiger partial charge in [-0.25, -0.2) is 0 Å². The molecule has 1 aromatic carbocycles. The average molecular weight is 189 g/mol. The number of fused-ring (bicyclic) bond motifs is 3. The van der Waals surface area contributed by atoms with E-state index in [2.05, 4.69) is 29.2 Å². The maximum atomic E-state index is 5.55. The van der Waals surface area contributed by atoms with E-state index in [0.717, 1.165) is 19.8 Å². The molecule has 1 unspecified atom stereocenters. The van der Waals surface area contributed by atoms with Crippen molar-refractivity contribution < 1.29 is 4.74 Å². The van der Waals surface area contributed by atoms with Gasteiger partial charge in [0.05, 0.1) is 19.3 Å². The molecule has 14 heavy (non-hydrogen) atoms. The van der Waals surface area contributed by atoms with Crippen molar-refractivity contribution in [3.8, 4) is 0 Å². The van der Waals surface area contributed by atoms with Crippen molar-refractivity contribution in [2.75, 3.05) is 26.3 Å². The summed E-state index contributed by atoms with van der Waals surface area (Å²) in [7, 11) is 0. The monoisotopic (exact) mass is 189 g/mol. The van der Waals surface area contributed by atoms with Crippen LogP contribution in [0.25, 0.3) is 0 Å². The van der Waals surface area contributed by atoms with Crippen LogP contribution in [0, 0.1) is 0 Å². The second-order valence-corrected chi connectivity index (χ2v) is 4.08. The van der Waals surface area contributed by atoms with Gasteiger partial charge < -0.3 is 4.74 Å². The summed E-state index contributed by atoms with van der Waals surface area (Å²) in [6.45, 7) is 4.07. The van der Waals surface area contributed by atoms with Gasteiger partial charge in [0, 0.05) is 13.1 Å². The predicted octanol–water partition coefficient (Wildman–Crippen LogP) is 1.62. The van der Waals surface area contributed by atoms with Crippen LogP contribution in [0.5, 0.6) is 0 Å². The Morgan fingerprint density at radius 2 is 2.14 bits per heavy atom. The van der Waals surface area contributed by atoms with Gasteiger partial charge in [-0.1, -0.05) is 24.3 Å². The number of hydrogen-bond acceptors (Lipinski definition) is 2. The van der Waals surface area contributed by atoms with Crippen LogP contribution in [0.15, 0.2) is 24.3 Å². The molecule has 2 aliphatic rings. The van der Waals surface area contributed by atoms with E-state index in [0.29, 0.717) is 6.04 Å². The van der Waals surface area contributed by atoms with Crippen LogP contribution in [0.4, 0.5) is 0 Å². The lowest BCUT2D eigenvalue weighted by molar-refractivity contribution is -0.0128. The van der Waals surface area contributed by atoms with Crippen molar-refractivity contribution in [3.63, 3.8) is 0 Å². The number of hydrogen-bond donors (Lipinski definition) is 0. The second kappa shape index (κ2) is 3.37. The van der Waals surface area contributed by atoms with Crippen molar-refractivity contribution in [2.45, 2.75) is 12.5 Å². The molecule has 0 spiro atoms. The molecule has 0 amide bonds. The number of ether oxygens (including phenoxy) is 1. The molecule has 1 saturated heterocycles. The molecule has 0 N–H and O–H groups in total. The zero-order valence-electron chi connectivity index (χ0n) is 8.28. The molecule has 2 aliphatic heterocycles. The van der Waals surface area contributed by atoms with Crippen LogP contribution in [-0.4, -0.2) is 31.2 Å². The van der Waals surface area contributed by atoms with Gasteiger partial charge in [-0.3, -0.25) is 4.90 Å². The molecule has 2 nitrogen and oxygen atoms in total. The summed E-state index contributed by atoms with van der Waals surface area (Å²) in [5.41, 5.74) is 3.00. The zero-order valence-corrected chi connectivity index (χ0v) is 8.28. The highest BCUT2D eigenvalue weighted by molar-refractivity contribution is 5.32. The first kappa shape index (κ1) is 8.45. The van der Waals surface area contributed by atoms with E-state index >= 15 is 0 Å². The van der Waals surface area contributed by atoms with Crippen LogP contribution in [0.3, 0.4) is 0 Å². The molecular weight excluding hydrogens is 174 g/mol. The highest BCUT2D eigenvalue weighted by Gasteiger charge is 2.29. The van der Waals surface area contributed by atoms with Gasteiger partial charge in [-0.15, -0.1) is 0 Å². The minimum absolute atomic E-state index is 0.522. The molecule has 2 heterocycles. The summed E-state index contributed by atoms with van der Waals surface area (Å²) >= 11 is 0. The minimum Gasteiger partial charge on any atom is -0.378 e. The fraction of sp³-hybridized carbons (Fsp3) is 0.500. The van der Waals surface area contributed by atoms with E-state index in [1.165, 1.54) is 24.1 Å². The quantitative estimate of drug-likeness (QED) is 0.615. The third-order valence-corrected chi connectivity index (χ3v) is 3.32. The maximum Gasteiger partial charge on any atom is 0.0664 e. The summed E-state index contributed by atoms with van der Waals surface area (Å²) in [6.07, 6.45) is 1.20. The average Bonchev–Trinajstić information content (AvgIpc) is 2.29. The fourth-order valence-electron chi connectivity index (χ4n) is 2.54. The Balaban J connectivity index is 1.99. The molecular formula is C12H15NO. The summed E-state index contributed by atoms with van der Waals surface area (Å²) in [4.78, 5) is 2.55. The third kappa shape index (κ3) is 1.26. The van der Waals surface area contributed by atoms with Gasteiger partial charge >= 0.3 is 0 Å². The summed E-state index contributed by atoms with van der Waals surface area (Å²) in [5, 5.41) is 0. The largest absolute Gasteiger partial charge is 0.378 e. The van der Waals surface area contributed by atoms with Crippen LogP contribution in [-0.2, 0) is 11.2 Å². The molecule has 0 aromatic heterocycles. The van der Waals surface area contributed by atoms with Crippen LogP contribution in [0.1, 0.15) is 17.2 Å². The smallest absolute Gasteiger partial charge is 0.0664 e. The first-order valence-electron chi connectivity index (χ1n) is 5.35. The van der Waals surface area contributed by atoms with Gasteiger partial charge in [0.25, 0.3) is 0 Å². The first-order chi connectivity index (χ1) is 6.95. The van der Waals surface area contributed by atoms with Crippen LogP contribution >= 0.6 is 0 Å². The standard InChI is InChI=1S/C12H15NO/c1-2-4-11-10(3-1)5-6-13-7-8-14-9-12(11)13/h1-4,12H,5-9H2. The Morgan fingerprint density at radius 3 is 3.14 bits per heavy atom. The molecule has 1 atom stereocenters. The van der Waals surface area contributed by atoms with Gasteiger partial charge in [-0.05, 0) is 17.5 Å². The SMILES string of the molecule is c1ccc2c(c1)CCN1CCOCC21. The summed E-state index contributed by atoms with van der Waals surface area (Å²) in [6, 6.07) is 9.30. The van der Waals surface area contributed by atoms with Crippen LogP contribution in [0.2, 0.25) is 0 Å². The molecule has 1 fully saturated rings. The van der Waals surface area contributed by atoms with Crippen molar-refractivity contribution in [2.24, 2.45) is 0 Å². The first-order valence-corrected chi connectivity index (χ1v) is 5.35. The number of nitrogens with zero attached hydrogens (tertiary/aromatic N) is 1. The number of rotatable bonds is 0. The molecule has 0 bridgehead atoms. The molecule has 0 radical (unpaired) electrons. The van der Waals surface area contributed by atoms with Gasteiger partial charge in [0.1, 0.15) is 0 Å². The maximum absolute atomic E-state index is 5.55. The van der Waals surface area contributed by atoms with Crippen molar-refractivity contribution in [3.05, 3.63) is 35.4 Å². The Morgan fingerprint density at radius 1 is 1.21 bits per heavy atom. The predicted molar refractivity (Wildman–Crippen MR) is 55.3 cm³/mol. The van der Waals surface area contributed by atoms with Gasteiger partial charge in [0.2, 0.25) is 0 Å². The second-order valence-electron chi connectivity index (χ2n) is 4.08. The zero-order chi connectivity index (χ0) is 9.38. The number of benzene rings is 1. The van der Waals surface area contributed by atoms with E-state index in [4.69, 9.17) is 4.74 Å². The van der Waals surface area contributed by atoms with Crippen LogP contribution < -0.4 is 0 Å². The van der Waals surface area contributed by atoms with Crippen molar-refractivity contribution >= 4 is 0 Å². The van der Waals surface area contributed by atoms with E-state index < -0.39 is 0 Å². The summed E-state index contributed by atoms with van der Waals surface area (Å²) < 4.78 is 5.55. The Labute approximate surface area is 84.5 Å². The third-order valence-electron chi connectivity index (χ3n) is 3.32. The topological polar surface area (TPSA) is 12.5 Å².